The van der Waals surface area contributed by atoms with Crippen LogP contribution in [0.4, 0.5) is 0 Å². The van der Waals surface area contributed by atoms with E-state index in [0.717, 1.165) is 0 Å². The van der Waals surface area contributed by atoms with Gasteiger partial charge in [-0.05, 0) is 0 Å². The van der Waals surface area contributed by atoms with Gasteiger partial charge in [0.25, 0.3) is 0 Å². The zero-order chi connectivity index (χ0) is 11.8. The van der Waals surface area contributed by atoms with Crippen molar-refractivity contribution in [3.8, 4) is 0 Å². The number of halogens is 2. The molecular weight excluding hydrogens is 360 g/mol. The molecule has 0 spiro atoms. The predicted octanol–water partition coefficient (Wildman–Crippen LogP) is 4.10. The van der Waals surface area contributed by atoms with Gasteiger partial charge in [0.05, 0.1) is 0 Å². The summed E-state index contributed by atoms with van der Waals surface area (Å²) >= 11 is -2.82. The summed E-state index contributed by atoms with van der Waals surface area (Å²) < 4.78 is 8.61. The minimum atomic E-state index is -2.82. The molecule has 18 heavy (non-hydrogen) atoms. The van der Waals surface area contributed by atoms with Crippen LogP contribution in [0.5, 0.6) is 0 Å². The molecule has 0 atom stereocenters. The largest absolute Gasteiger partial charge is 0.147 e. The molecule has 1 aromatic heterocycles. The monoisotopic (exact) mass is 382 g/mol. The first-order valence-corrected chi connectivity index (χ1v) is 20.7. The molecule has 1 heterocycles. The van der Waals surface area contributed by atoms with Crippen LogP contribution in [-0.2, 0) is 17.9 Å². The number of allylic oxidation sites excluding steroid dienone is 4. The third-order valence-corrected chi connectivity index (χ3v) is 48.6. The van der Waals surface area contributed by atoms with Gasteiger partial charge < -0.3 is 0 Å². The third-order valence-electron chi connectivity index (χ3n) is 4.92. The van der Waals surface area contributed by atoms with Crippen LogP contribution in [0.1, 0.15) is 6.42 Å². The topological polar surface area (TPSA) is 15.8 Å². The maximum Gasteiger partial charge on any atom is -0.147 e. The number of aromatic amines is 1. The summed E-state index contributed by atoms with van der Waals surface area (Å²) in [5.41, 5.74) is 0. The second-order valence-electron chi connectivity index (χ2n) is 6.05. The van der Waals surface area contributed by atoms with Gasteiger partial charge in [0.2, 0.25) is 0 Å². The van der Waals surface area contributed by atoms with Gasteiger partial charge in [0, 0.05) is 0 Å². The molecule has 0 radical (unpaired) electrons. The van der Waals surface area contributed by atoms with E-state index in [9.17, 15) is 0 Å². The van der Waals surface area contributed by atoms with E-state index < -0.39 is 23.9 Å². The van der Waals surface area contributed by atoms with Gasteiger partial charge in [-0.2, -0.15) is 0 Å². The van der Waals surface area contributed by atoms with Crippen molar-refractivity contribution in [3.63, 3.8) is 0 Å². The van der Waals surface area contributed by atoms with Crippen LogP contribution in [0.15, 0.2) is 39.8 Å². The van der Waals surface area contributed by atoms with Gasteiger partial charge in [-0.25, -0.2) is 0 Å². The van der Waals surface area contributed by atoms with Crippen molar-refractivity contribution >= 4 is 34.1 Å². The Morgan fingerprint density at radius 1 is 1.22 bits per heavy atom. The van der Waals surface area contributed by atoms with Crippen LogP contribution in [0.3, 0.4) is 0 Å². The fourth-order valence-corrected chi connectivity index (χ4v) is 23.4. The number of hydrogen-bond acceptors (Lipinski definition) is 0. The maximum atomic E-state index is 3.54. The van der Waals surface area contributed by atoms with E-state index in [4.69, 9.17) is 0 Å². The molecule has 5 heteroatoms. The number of nitrogens with one attached hydrogen (secondary N) is 1. The quantitative estimate of drug-likeness (QED) is 0.756. The Morgan fingerprint density at radius 3 is 2.28 bits per heavy atom. The van der Waals surface area contributed by atoms with Gasteiger partial charge in [-0.3, -0.25) is 0 Å². The number of hydrogen-bond donors (Lipinski definition) is 1. The maximum absolute atomic E-state index is 3.54. The Morgan fingerprint density at radius 2 is 1.89 bits per heavy atom. The summed E-state index contributed by atoms with van der Waals surface area (Å²) in [7, 11) is 0. The van der Waals surface area contributed by atoms with Crippen LogP contribution in [0.2, 0.25) is 22.4 Å². The molecule has 0 fully saturated rings. The summed E-state index contributed by atoms with van der Waals surface area (Å²) in [5, 5.41) is 0. The Labute approximate surface area is 125 Å². The molecule has 0 aliphatic heterocycles. The van der Waals surface area contributed by atoms with E-state index in [1.807, 2.05) is 0 Å². The molecule has 0 bridgehead atoms. The molecule has 0 saturated heterocycles. The summed E-state index contributed by atoms with van der Waals surface area (Å²) in [6.45, 7) is 5.07. The molecule has 0 aromatic carbocycles. The standard InChI is InChI=1S/C5H5.C4H4N.C2H7Si.2CH3.2ClH.Zr/c2*1-2-4-5-3-1;1-3-2;;;;;/h1-3H,4H2;1-3,5H;3H,1-2H3;2*1H3;2*1H;. The first kappa shape index (κ1) is 18.4. The summed E-state index contributed by atoms with van der Waals surface area (Å²) in [6.07, 6.45) is 10.3. The smallest absolute Gasteiger partial charge is 0.147 e. The van der Waals surface area contributed by atoms with Gasteiger partial charge >= 0.3 is 101 Å². The normalized spacial score (nSPS) is 16.5. The van der Waals surface area contributed by atoms with Gasteiger partial charge in [0.1, 0.15) is 0 Å². The molecule has 103 valence electrons. The van der Waals surface area contributed by atoms with Crippen molar-refractivity contribution in [2.45, 2.75) is 28.8 Å². The molecule has 0 amide bonds. The van der Waals surface area contributed by atoms with E-state index in [0.29, 0.717) is 0 Å². The van der Waals surface area contributed by atoms with Crippen LogP contribution >= 0.6 is 24.8 Å². The van der Waals surface area contributed by atoms with Crippen molar-refractivity contribution in [2.75, 3.05) is 0 Å². The molecule has 1 aliphatic carbocycles. The van der Waals surface area contributed by atoms with Crippen LogP contribution in [0, 0.1) is 0 Å². The van der Waals surface area contributed by atoms with Crippen molar-refractivity contribution in [1.82, 2.24) is 4.98 Å². The van der Waals surface area contributed by atoms with Crippen molar-refractivity contribution in [3.05, 3.63) is 39.8 Å². The molecule has 0 saturated carbocycles. The molecule has 1 aliphatic rings. The molecule has 0 unspecified atom stereocenters. The fourth-order valence-electron chi connectivity index (χ4n) is 2.68. The van der Waals surface area contributed by atoms with Crippen LogP contribution in [-0.4, -0.2) is 10.9 Å². The van der Waals surface area contributed by atoms with E-state index >= 15 is 0 Å². The molecule has 1 aromatic rings. The predicted molar refractivity (Wildman–Crippen MR) is 87.4 cm³/mol. The van der Waals surface area contributed by atoms with E-state index in [-0.39, 0.29) is 24.8 Å². The van der Waals surface area contributed by atoms with E-state index in [2.05, 4.69) is 63.9 Å². The van der Waals surface area contributed by atoms with Crippen LogP contribution < -0.4 is 3.40 Å². The molecule has 1 N–H and O–H groups in total. The average Bonchev–Trinajstić information content (AvgIpc) is 2.92. The average molecular weight is 385 g/mol. The first-order valence-electron chi connectivity index (χ1n) is 6.15. The second kappa shape index (κ2) is 6.26. The van der Waals surface area contributed by atoms with Crippen molar-refractivity contribution < 1.29 is 17.9 Å². The zero-order valence-corrected chi connectivity index (χ0v) is 16.8. The van der Waals surface area contributed by atoms with E-state index in [1.165, 1.54) is 6.42 Å². The summed E-state index contributed by atoms with van der Waals surface area (Å²) in [5.74, 6) is -0.691. The minimum absolute atomic E-state index is 0. The number of aromatic nitrogens is 1. The molecule has 1 nitrogen and oxygen atoms in total. The van der Waals surface area contributed by atoms with E-state index in [1.54, 1.807) is 6.68 Å². The number of H-pyrrole nitrogens is 1. The molecule has 2 rings (SSSR count). The SMILES string of the molecule is C[SiH](C)[Zr]([CH3])([CH3])([C]1=CC=CC1)[c]1ccc[nH]1.Cl.Cl. The second-order valence-corrected chi connectivity index (χ2v) is 42.3. The first-order chi connectivity index (χ1) is 7.46. The van der Waals surface area contributed by atoms with Gasteiger partial charge in [0.15, 0.2) is 0 Å². The van der Waals surface area contributed by atoms with Crippen LogP contribution in [0.25, 0.3) is 0 Å². The number of rotatable bonds is 3. The fraction of sp³-hybridized carbons (Fsp3) is 0.385. The molecular formula is C13H24Cl2NSiZr. The Balaban J connectivity index is 0.00000144. The zero-order valence-electron chi connectivity index (χ0n) is 11.6. The van der Waals surface area contributed by atoms with Crippen molar-refractivity contribution in [2.24, 2.45) is 0 Å². The summed E-state index contributed by atoms with van der Waals surface area (Å²) in [4.78, 5) is 3.54. The van der Waals surface area contributed by atoms with Crippen molar-refractivity contribution in [1.29, 1.82) is 0 Å². The third kappa shape index (κ3) is 2.65. The Bertz CT molecular complexity index is 450. The Kier molecular flexibility index (Phi) is 6.41. The summed E-state index contributed by atoms with van der Waals surface area (Å²) in [6, 6.07) is 4.49. The van der Waals surface area contributed by atoms with Gasteiger partial charge in [-0.15, -0.1) is 24.8 Å². The Hall–Kier alpha value is 0.440. The minimum Gasteiger partial charge on any atom is -0.147 e. The van der Waals surface area contributed by atoms with Gasteiger partial charge in [-0.1, -0.05) is 0 Å².